The van der Waals surface area contributed by atoms with Gasteiger partial charge in [-0.3, -0.25) is 9.59 Å². The van der Waals surface area contributed by atoms with Crippen LogP contribution in [0.3, 0.4) is 0 Å². The number of carbonyl (C=O) groups excluding carboxylic acids is 2. The number of hydrogen-bond acceptors (Lipinski definition) is 3. The van der Waals surface area contributed by atoms with Crippen molar-refractivity contribution in [1.29, 1.82) is 0 Å². The van der Waals surface area contributed by atoms with E-state index >= 15 is 0 Å². The van der Waals surface area contributed by atoms with E-state index in [1.807, 2.05) is 56.3 Å². The molecule has 0 spiro atoms. The summed E-state index contributed by atoms with van der Waals surface area (Å²) in [6.45, 7) is 4.49. The van der Waals surface area contributed by atoms with E-state index in [2.05, 4.69) is 28.8 Å². The number of aromatic nitrogens is 1. The van der Waals surface area contributed by atoms with Gasteiger partial charge in [-0.2, -0.15) is 0 Å². The molecule has 5 heteroatoms. The van der Waals surface area contributed by atoms with E-state index in [1.165, 1.54) is 0 Å². The molecule has 0 saturated heterocycles. The van der Waals surface area contributed by atoms with Crippen LogP contribution in [0, 0.1) is 5.92 Å². The maximum Gasteiger partial charge on any atom is 0.252 e. The monoisotopic (exact) mass is 413 g/mol. The first-order valence-electron chi connectivity index (χ1n) is 10.8. The molecule has 0 radical (unpaired) electrons. The Hall–Kier alpha value is -3.47. The summed E-state index contributed by atoms with van der Waals surface area (Å²) in [7, 11) is 0. The molecule has 2 amide bonds. The molecule has 0 unspecified atom stereocenters. The predicted octanol–water partition coefficient (Wildman–Crippen LogP) is 4.22. The van der Waals surface area contributed by atoms with Gasteiger partial charge in [-0.05, 0) is 41.7 Å². The second-order valence-electron chi connectivity index (χ2n) is 8.11. The molecule has 31 heavy (non-hydrogen) atoms. The minimum absolute atomic E-state index is 0.0137. The molecule has 3 aromatic rings. The minimum atomic E-state index is -0.116. The summed E-state index contributed by atoms with van der Waals surface area (Å²) in [5, 5.41) is 6.68. The Kier molecular flexibility index (Phi) is 6.12. The van der Waals surface area contributed by atoms with Gasteiger partial charge < -0.3 is 10.6 Å². The topological polar surface area (TPSA) is 71.1 Å². The van der Waals surface area contributed by atoms with Gasteiger partial charge in [0, 0.05) is 24.4 Å². The number of carbonyl (C=O) groups is 2. The lowest BCUT2D eigenvalue weighted by Gasteiger charge is -2.13. The van der Waals surface area contributed by atoms with Crippen LogP contribution >= 0.6 is 0 Å². The Labute approximate surface area is 182 Å². The molecule has 0 saturated carbocycles. The molecule has 0 aliphatic heterocycles. The molecular formula is C26H27N3O2. The second kappa shape index (κ2) is 9.13. The van der Waals surface area contributed by atoms with Crippen molar-refractivity contribution in [3.8, 4) is 0 Å². The number of rotatable bonds is 6. The van der Waals surface area contributed by atoms with Gasteiger partial charge in [0.2, 0.25) is 5.91 Å². The summed E-state index contributed by atoms with van der Waals surface area (Å²) >= 11 is 0. The fourth-order valence-electron chi connectivity index (χ4n) is 3.94. The van der Waals surface area contributed by atoms with Crippen LogP contribution in [-0.4, -0.2) is 29.9 Å². The van der Waals surface area contributed by atoms with E-state index in [0.717, 1.165) is 46.1 Å². The smallest absolute Gasteiger partial charge is 0.252 e. The van der Waals surface area contributed by atoms with Crippen molar-refractivity contribution in [2.45, 2.75) is 26.7 Å². The zero-order valence-corrected chi connectivity index (χ0v) is 17.9. The standard InChI is InChI=1S/C26H27N3O2/c1-17(2)25(30)27-14-15-28-26(31)23-20-10-6-7-11-22(20)29-24-19(12-13-21(23)24)16-18-8-4-3-5-9-18/h3-11,16-17H,12-15H2,1-2H3,(H,27,30)(H,28,31)/b19-16+. The maximum atomic E-state index is 13.2. The van der Waals surface area contributed by atoms with Gasteiger partial charge in [-0.15, -0.1) is 0 Å². The molecule has 4 rings (SSSR count). The van der Waals surface area contributed by atoms with E-state index in [1.54, 1.807) is 0 Å². The van der Waals surface area contributed by atoms with Crippen LogP contribution in [0.25, 0.3) is 22.6 Å². The summed E-state index contributed by atoms with van der Waals surface area (Å²) in [5.41, 5.74) is 5.73. The molecule has 2 aromatic carbocycles. The van der Waals surface area contributed by atoms with Crippen molar-refractivity contribution in [3.05, 3.63) is 77.0 Å². The quantitative estimate of drug-likeness (QED) is 0.594. The van der Waals surface area contributed by atoms with Crippen LogP contribution in [-0.2, 0) is 11.2 Å². The second-order valence-corrected chi connectivity index (χ2v) is 8.11. The highest BCUT2D eigenvalue weighted by Gasteiger charge is 2.26. The van der Waals surface area contributed by atoms with Crippen LogP contribution in [0.1, 0.15) is 47.4 Å². The number of amides is 2. The van der Waals surface area contributed by atoms with Crippen molar-refractivity contribution in [1.82, 2.24) is 15.6 Å². The number of nitrogens with one attached hydrogen (secondary N) is 2. The highest BCUT2D eigenvalue weighted by atomic mass is 16.2. The molecule has 1 aliphatic carbocycles. The number of fused-ring (bicyclic) bond motifs is 2. The molecular weight excluding hydrogens is 386 g/mol. The fourth-order valence-corrected chi connectivity index (χ4v) is 3.94. The summed E-state index contributed by atoms with van der Waals surface area (Å²) < 4.78 is 0. The predicted molar refractivity (Wildman–Crippen MR) is 125 cm³/mol. The van der Waals surface area contributed by atoms with Crippen molar-refractivity contribution < 1.29 is 9.59 Å². The van der Waals surface area contributed by atoms with Crippen LogP contribution in [0.15, 0.2) is 54.6 Å². The Morgan fingerprint density at radius 3 is 2.45 bits per heavy atom. The molecule has 158 valence electrons. The summed E-state index contributed by atoms with van der Waals surface area (Å²) in [5.74, 6) is -0.201. The molecule has 0 atom stereocenters. The summed E-state index contributed by atoms with van der Waals surface area (Å²) in [4.78, 5) is 29.8. The van der Waals surface area contributed by atoms with Gasteiger partial charge in [0.1, 0.15) is 0 Å². The largest absolute Gasteiger partial charge is 0.354 e. The number of nitrogens with zero attached hydrogens (tertiary/aromatic N) is 1. The first-order valence-corrected chi connectivity index (χ1v) is 10.8. The van der Waals surface area contributed by atoms with Crippen molar-refractivity contribution in [2.24, 2.45) is 5.92 Å². The lowest BCUT2D eigenvalue weighted by molar-refractivity contribution is -0.123. The van der Waals surface area contributed by atoms with Gasteiger partial charge in [0.25, 0.3) is 5.91 Å². The van der Waals surface area contributed by atoms with E-state index in [4.69, 9.17) is 4.98 Å². The van der Waals surface area contributed by atoms with Gasteiger partial charge in [0.15, 0.2) is 0 Å². The molecule has 1 aliphatic rings. The number of hydrogen-bond donors (Lipinski definition) is 2. The molecule has 5 nitrogen and oxygen atoms in total. The molecule has 1 aromatic heterocycles. The zero-order valence-electron chi connectivity index (χ0n) is 17.9. The summed E-state index contributed by atoms with van der Waals surface area (Å²) in [6.07, 6.45) is 3.81. The highest BCUT2D eigenvalue weighted by molar-refractivity contribution is 6.09. The van der Waals surface area contributed by atoms with Crippen LogP contribution in [0.2, 0.25) is 0 Å². The third-order valence-corrected chi connectivity index (χ3v) is 5.54. The Morgan fingerprint density at radius 2 is 1.68 bits per heavy atom. The molecule has 0 fully saturated rings. The van der Waals surface area contributed by atoms with Crippen LogP contribution in [0.5, 0.6) is 0 Å². The number of benzene rings is 2. The number of para-hydroxylation sites is 1. The van der Waals surface area contributed by atoms with E-state index in [9.17, 15) is 9.59 Å². The van der Waals surface area contributed by atoms with E-state index in [-0.39, 0.29) is 17.7 Å². The average molecular weight is 414 g/mol. The van der Waals surface area contributed by atoms with Gasteiger partial charge >= 0.3 is 0 Å². The lowest BCUT2D eigenvalue weighted by atomic mass is 10.00. The van der Waals surface area contributed by atoms with Gasteiger partial charge in [-0.25, -0.2) is 4.98 Å². The normalized spacial score (nSPS) is 14.1. The number of pyridine rings is 1. The minimum Gasteiger partial charge on any atom is -0.354 e. The van der Waals surface area contributed by atoms with Crippen molar-refractivity contribution >= 4 is 34.4 Å². The SMILES string of the molecule is CC(C)C(=O)NCCNC(=O)c1c2c(nc3ccccc13)/C(=C/c1ccccc1)CC2. The Morgan fingerprint density at radius 1 is 0.968 bits per heavy atom. The highest BCUT2D eigenvalue weighted by Crippen LogP contribution is 2.37. The first-order chi connectivity index (χ1) is 15.0. The Balaban J connectivity index is 1.64. The average Bonchev–Trinajstić information content (AvgIpc) is 3.17. The van der Waals surface area contributed by atoms with Crippen molar-refractivity contribution in [2.75, 3.05) is 13.1 Å². The molecule has 2 N–H and O–H groups in total. The van der Waals surface area contributed by atoms with Gasteiger partial charge in [0.05, 0.1) is 16.8 Å². The molecule has 0 bridgehead atoms. The lowest BCUT2D eigenvalue weighted by Crippen LogP contribution is -2.36. The van der Waals surface area contributed by atoms with Gasteiger partial charge in [-0.1, -0.05) is 62.4 Å². The first kappa shape index (κ1) is 20.8. The third kappa shape index (κ3) is 4.50. The van der Waals surface area contributed by atoms with Crippen molar-refractivity contribution in [3.63, 3.8) is 0 Å². The third-order valence-electron chi connectivity index (χ3n) is 5.54. The fraction of sp³-hybridized carbons (Fsp3) is 0.269. The van der Waals surface area contributed by atoms with Crippen LogP contribution in [0.4, 0.5) is 0 Å². The van der Waals surface area contributed by atoms with Crippen LogP contribution < -0.4 is 10.6 Å². The Bertz CT molecular complexity index is 1150. The zero-order chi connectivity index (χ0) is 21.8. The van der Waals surface area contributed by atoms with E-state index < -0.39 is 0 Å². The maximum absolute atomic E-state index is 13.2. The number of allylic oxidation sites excluding steroid dienone is 1. The molecule has 1 heterocycles. The summed E-state index contributed by atoms with van der Waals surface area (Å²) in [6, 6.07) is 18.0. The van der Waals surface area contributed by atoms with E-state index in [0.29, 0.717) is 18.7 Å².